The minimum Gasteiger partial charge on any atom is -0.385 e. The predicted octanol–water partition coefficient (Wildman–Crippen LogP) is 2.57. The van der Waals surface area contributed by atoms with Crippen LogP contribution in [-0.2, 0) is 4.74 Å². The molecule has 5 heteroatoms. The molecule has 1 unspecified atom stereocenters. The molecule has 2 rings (SSSR count). The van der Waals surface area contributed by atoms with E-state index in [9.17, 15) is 4.79 Å². The average molecular weight is 291 g/mol. The molecule has 1 atom stereocenters. The molecule has 0 fully saturated rings. The van der Waals surface area contributed by atoms with Crippen molar-refractivity contribution in [1.82, 2.24) is 15.3 Å². The van der Waals surface area contributed by atoms with Crippen LogP contribution in [0, 0.1) is 5.41 Å². The van der Waals surface area contributed by atoms with E-state index in [1.54, 1.807) is 7.11 Å². The Kier molecular flexibility index (Phi) is 4.85. The lowest BCUT2D eigenvalue weighted by Crippen LogP contribution is -2.32. The summed E-state index contributed by atoms with van der Waals surface area (Å²) in [6, 6.07) is 6.24. The number of aromatic amines is 2. The number of methoxy groups -OCH3 is 1. The summed E-state index contributed by atoms with van der Waals surface area (Å²) in [6.45, 7) is 8.30. The molecule has 0 saturated heterocycles. The number of ether oxygens (including phenoxy) is 1. The van der Waals surface area contributed by atoms with Gasteiger partial charge in [-0.2, -0.15) is 0 Å². The minimum absolute atomic E-state index is 0.163. The number of hydrogen-bond acceptors (Lipinski definition) is 3. The molecule has 5 nitrogen and oxygen atoms in total. The zero-order valence-corrected chi connectivity index (χ0v) is 13.2. The average Bonchev–Trinajstić information content (AvgIpc) is 2.81. The van der Waals surface area contributed by atoms with E-state index in [0.29, 0.717) is 0 Å². The maximum Gasteiger partial charge on any atom is 0.323 e. The van der Waals surface area contributed by atoms with E-state index >= 15 is 0 Å². The van der Waals surface area contributed by atoms with Gasteiger partial charge >= 0.3 is 5.69 Å². The standard InChI is InChI=1S/C16H25N3O2/c1-11(17-10-16(2,3)7-8-21-4)12-5-6-13-14(9-12)19-15(20)18-13/h5-6,9,11,17H,7-8,10H2,1-4H3,(H2,18,19,20). The van der Waals surface area contributed by atoms with E-state index in [1.165, 1.54) is 5.56 Å². The van der Waals surface area contributed by atoms with Crippen LogP contribution in [0.3, 0.4) is 0 Å². The molecule has 0 aliphatic carbocycles. The lowest BCUT2D eigenvalue weighted by atomic mass is 9.89. The Morgan fingerprint density at radius 1 is 1.29 bits per heavy atom. The smallest absolute Gasteiger partial charge is 0.323 e. The predicted molar refractivity (Wildman–Crippen MR) is 85.6 cm³/mol. The monoisotopic (exact) mass is 291 g/mol. The number of H-pyrrole nitrogens is 2. The van der Waals surface area contributed by atoms with E-state index < -0.39 is 0 Å². The quantitative estimate of drug-likeness (QED) is 0.734. The zero-order chi connectivity index (χ0) is 15.5. The van der Waals surface area contributed by atoms with Gasteiger partial charge in [-0.1, -0.05) is 19.9 Å². The molecule has 0 bridgehead atoms. The third-order valence-electron chi connectivity index (χ3n) is 3.91. The molecule has 0 aliphatic heterocycles. The van der Waals surface area contributed by atoms with Crippen molar-refractivity contribution >= 4 is 11.0 Å². The molecular formula is C16H25N3O2. The van der Waals surface area contributed by atoms with Crippen molar-refractivity contribution in [3.63, 3.8) is 0 Å². The van der Waals surface area contributed by atoms with Gasteiger partial charge in [0.15, 0.2) is 0 Å². The minimum atomic E-state index is -0.163. The number of fused-ring (bicyclic) bond motifs is 1. The fourth-order valence-electron chi connectivity index (χ4n) is 2.33. The first-order valence-corrected chi connectivity index (χ1v) is 7.35. The molecule has 1 aromatic carbocycles. The molecule has 0 saturated carbocycles. The summed E-state index contributed by atoms with van der Waals surface area (Å²) in [4.78, 5) is 16.8. The number of benzene rings is 1. The summed E-state index contributed by atoms with van der Waals surface area (Å²) in [5.74, 6) is 0. The van der Waals surface area contributed by atoms with Crippen LogP contribution >= 0.6 is 0 Å². The fraction of sp³-hybridized carbons (Fsp3) is 0.562. The Bertz CT molecular complexity index is 642. The van der Waals surface area contributed by atoms with Crippen molar-refractivity contribution in [3.05, 3.63) is 34.2 Å². The summed E-state index contributed by atoms with van der Waals surface area (Å²) in [7, 11) is 1.74. The zero-order valence-electron chi connectivity index (χ0n) is 13.2. The Morgan fingerprint density at radius 2 is 2.00 bits per heavy atom. The highest BCUT2D eigenvalue weighted by atomic mass is 16.5. The van der Waals surface area contributed by atoms with Crippen molar-refractivity contribution < 1.29 is 4.74 Å². The van der Waals surface area contributed by atoms with Gasteiger partial charge in [0, 0.05) is 26.3 Å². The van der Waals surface area contributed by atoms with Crippen LogP contribution in [0.1, 0.15) is 38.8 Å². The number of imidazole rings is 1. The number of rotatable bonds is 7. The lowest BCUT2D eigenvalue weighted by Gasteiger charge is -2.27. The normalized spacial score (nSPS) is 13.7. The maximum atomic E-state index is 11.3. The van der Waals surface area contributed by atoms with E-state index in [0.717, 1.165) is 30.6 Å². The summed E-state index contributed by atoms with van der Waals surface area (Å²) in [5.41, 5.74) is 2.89. The molecule has 0 amide bonds. The highest BCUT2D eigenvalue weighted by molar-refractivity contribution is 5.75. The van der Waals surface area contributed by atoms with Crippen molar-refractivity contribution in [1.29, 1.82) is 0 Å². The van der Waals surface area contributed by atoms with Crippen LogP contribution in [-0.4, -0.2) is 30.2 Å². The molecule has 2 aromatic rings. The topological polar surface area (TPSA) is 69.9 Å². The van der Waals surface area contributed by atoms with Crippen LogP contribution in [0.4, 0.5) is 0 Å². The van der Waals surface area contributed by atoms with Gasteiger partial charge in [0.1, 0.15) is 0 Å². The molecule has 0 aliphatic rings. The molecule has 3 N–H and O–H groups in total. The van der Waals surface area contributed by atoms with Crippen molar-refractivity contribution in [3.8, 4) is 0 Å². The van der Waals surface area contributed by atoms with E-state index in [2.05, 4.69) is 36.1 Å². The SMILES string of the molecule is COCCC(C)(C)CNC(C)c1ccc2[nH]c(=O)[nH]c2c1. The molecule has 116 valence electrons. The largest absolute Gasteiger partial charge is 0.385 e. The second-order valence-electron chi connectivity index (χ2n) is 6.39. The van der Waals surface area contributed by atoms with Crippen LogP contribution in [0.15, 0.2) is 23.0 Å². The molecule has 1 heterocycles. The number of hydrogen-bond donors (Lipinski definition) is 3. The number of aromatic nitrogens is 2. The Hall–Kier alpha value is -1.59. The van der Waals surface area contributed by atoms with E-state index in [1.807, 2.05) is 18.2 Å². The first kappa shape index (κ1) is 15.8. The van der Waals surface area contributed by atoms with Crippen LogP contribution in [0.2, 0.25) is 0 Å². The lowest BCUT2D eigenvalue weighted by molar-refractivity contribution is 0.149. The highest BCUT2D eigenvalue weighted by Crippen LogP contribution is 2.22. The van der Waals surface area contributed by atoms with Gasteiger partial charge in [-0.05, 0) is 36.5 Å². The Morgan fingerprint density at radius 3 is 2.71 bits per heavy atom. The van der Waals surface area contributed by atoms with Gasteiger partial charge in [-0.3, -0.25) is 0 Å². The van der Waals surface area contributed by atoms with Gasteiger partial charge < -0.3 is 20.0 Å². The summed E-state index contributed by atoms with van der Waals surface area (Å²) in [6.07, 6.45) is 1.02. The number of nitrogens with one attached hydrogen (secondary N) is 3. The van der Waals surface area contributed by atoms with Crippen LogP contribution < -0.4 is 11.0 Å². The van der Waals surface area contributed by atoms with Crippen molar-refractivity contribution in [2.45, 2.75) is 33.2 Å². The van der Waals surface area contributed by atoms with Crippen LogP contribution in [0.25, 0.3) is 11.0 Å². The molecule has 0 radical (unpaired) electrons. The second-order valence-corrected chi connectivity index (χ2v) is 6.39. The highest BCUT2D eigenvalue weighted by Gasteiger charge is 2.18. The first-order valence-electron chi connectivity index (χ1n) is 7.35. The second kappa shape index (κ2) is 6.45. The molecular weight excluding hydrogens is 266 g/mol. The van der Waals surface area contributed by atoms with Crippen molar-refractivity contribution in [2.24, 2.45) is 5.41 Å². The van der Waals surface area contributed by atoms with Crippen molar-refractivity contribution in [2.75, 3.05) is 20.3 Å². The van der Waals surface area contributed by atoms with Gasteiger partial charge in [-0.25, -0.2) is 4.79 Å². The molecule has 0 spiro atoms. The molecule has 21 heavy (non-hydrogen) atoms. The van der Waals surface area contributed by atoms with Crippen LogP contribution in [0.5, 0.6) is 0 Å². The van der Waals surface area contributed by atoms with E-state index in [-0.39, 0.29) is 17.1 Å². The fourth-order valence-corrected chi connectivity index (χ4v) is 2.33. The van der Waals surface area contributed by atoms with Gasteiger partial charge in [0.2, 0.25) is 0 Å². The summed E-state index contributed by atoms with van der Waals surface area (Å²) >= 11 is 0. The third kappa shape index (κ3) is 4.19. The van der Waals surface area contributed by atoms with Gasteiger partial charge in [0.25, 0.3) is 0 Å². The third-order valence-corrected chi connectivity index (χ3v) is 3.91. The molecule has 1 aromatic heterocycles. The Balaban J connectivity index is 2.01. The summed E-state index contributed by atoms with van der Waals surface area (Å²) in [5, 5.41) is 3.56. The maximum absolute atomic E-state index is 11.3. The van der Waals surface area contributed by atoms with Gasteiger partial charge in [-0.15, -0.1) is 0 Å². The summed E-state index contributed by atoms with van der Waals surface area (Å²) < 4.78 is 5.15. The Labute approximate surface area is 125 Å². The first-order chi connectivity index (χ1) is 9.91. The van der Waals surface area contributed by atoms with Gasteiger partial charge in [0.05, 0.1) is 11.0 Å². The van der Waals surface area contributed by atoms with E-state index in [4.69, 9.17) is 4.74 Å².